The Morgan fingerprint density at radius 1 is 1.33 bits per heavy atom. The van der Waals surface area contributed by atoms with Crippen LogP contribution in [0.3, 0.4) is 0 Å². The van der Waals surface area contributed by atoms with Gasteiger partial charge >= 0.3 is 0 Å². The average molecular weight is 318 g/mol. The zero-order valence-electron chi connectivity index (χ0n) is 10.1. The molecular formula is C13H17BrFNO2. The molecule has 1 N–H and O–H groups in total. The first kappa shape index (κ1) is 13.8. The Labute approximate surface area is 115 Å². The molecule has 0 saturated carbocycles. The van der Waals surface area contributed by atoms with Crippen LogP contribution < -0.4 is 10.1 Å². The van der Waals surface area contributed by atoms with E-state index in [2.05, 4.69) is 21.2 Å². The summed E-state index contributed by atoms with van der Waals surface area (Å²) in [5, 5.41) is 3.41. The third-order valence-electron chi connectivity index (χ3n) is 2.86. The molecule has 0 atom stereocenters. The van der Waals surface area contributed by atoms with Gasteiger partial charge in [0.15, 0.2) is 0 Å². The van der Waals surface area contributed by atoms with Gasteiger partial charge in [-0.15, -0.1) is 0 Å². The van der Waals surface area contributed by atoms with Crippen molar-refractivity contribution in [3.05, 3.63) is 28.5 Å². The highest BCUT2D eigenvalue weighted by atomic mass is 79.9. The minimum Gasteiger partial charge on any atom is -0.492 e. The van der Waals surface area contributed by atoms with Crippen LogP contribution in [0.15, 0.2) is 22.7 Å². The molecule has 0 aromatic heterocycles. The zero-order chi connectivity index (χ0) is 12.8. The Morgan fingerprint density at radius 2 is 2.11 bits per heavy atom. The van der Waals surface area contributed by atoms with Crippen LogP contribution in [0.25, 0.3) is 0 Å². The Kier molecular flexibility index (Phi) is 5.41. The molecule has 1 fully saturated rings. The molecule has 0 spiro atoms. The van der Waals surface area contributed by atoms with Crippen LogP contribution in [0, 0.1) is 5.82 Å². The lowest BCUT2D eigenvalue weighted by atomic mass is 10.1. The molecule has 1 aliphatic heterocycles. The third-order valence-corrected chi connectivity index (χ3v) is 3.32. The summed E-state index contributed by atoms with van der Waals surface area (Å²) in [4.78, 5) is 0. The largest absolute Gasteiger partial charge is 0.492 e. The molecule has 1 aromatic rings. The SMILES string of the molecule is Fc1cc(Br)cc(OCCNC2CCOCC2)c1. The van der Waals surface area contributed by atoms with Gasteiger partial charge in [-0.3, -0.25) is 0 Å². The first-order valence-corrected chi connectivity index (χ1v) is 6.93. The van der Waals surface area contributed by atoms with Gasteiger partial charge in [0, 0.05) is 36.3 Å². The van der Waals surface area contributed by atoms with Crippen LogP contribution in [0.1, 0.15) is 12.8 Å². The average Bonchev–Trinajstić information content (AvgIpc) is 2.35. The number of hydrogen-bond acceptors (Lipinski definition) is 3. The van der Waals surface area contributed by atoms with E-state index < -0.39 is 0 Å². The number of nitrogens with one attached hydrogen (secondary N) is 1. The van der Waals surface area contributed by atoms with Gasteiger partial charge in [-0.05, 0) is 25.0 Å². The van der Waals surface area contributed by atoms with Gasteiger partial charge in [0.25, 0.3) is 0 Å². The smallest absolute Gasteiger partial charge is 0.128 e. The van der Waals surface area contributed by atoms with Crippen LogP contribution in [-0.4, -0.2) is 32.4 Å². The summed E-state index contributed by atoms with van der Waals surface area (Å²) in [7, 11) is 0. The van der Waals surface area contributed by atoms with Crippen LogP contribution >= 0.6 is 15.9 Å². The summed E-state index contributed by atoms with van der Waals surface area (Å²) in [6.07, 6.45) is 2.09. The highest BCUT2D eigenvalue weighted by Gasteiger charge is 2.12. The summed E-state index contributed by atoms with van der Waals surface area (Å²) < 4.78 is 24.6. The summed E-state index contributed by atoms with van der Waals surface area (Å²) >= 11 is 3.23. The fourth-order valence-electron chi connectivity index (χ4n) is 1.95. The Bertz CT molecular complexity index is 363. The lowest BCUT2D eigenvalue weighted by molar-refractivity contribution is 0.0770. The van der Waals surface area contributed by atoms with Crippen molar-refractivity contribution in [2.24, 2.45) is 0 Å². The fraction of sp³-hybridized carbons (Fsp3) is 0.538. The van der Waals surface area contributed by atoms with E-state index >= 15 is 0 Å². The molecule has 1 saturated heterocycles. The van der Waals surface area contributed by atoms with Gasteiger partial charge in [0.05, 0.1) is 0 Å². The van der Waals surface area contributed by atoms with Crippen LogP contribution in [0.2, 0.25) is 0 Å². The van der Waals surface area contributed by atoms with E-state index in [9.17, 15) is 4.39 Å². The zero-order valence-corrected chi connectivity index (χ0v) is 11.7. The lowest BCUT2D eigenvalue weighted by Gasteiger charge is -2.23. The molecule has 100 valence electrons. The summed E-state index contributed by atoms with van der Waals surface area (Å²) in [6, 6.07) is 5.07. The quantitative estimate of drug-likeness (QED) is 0.847. The molecule has 5 heteroatoms. The van der Waals surface area contributed by atoms with Crippen molar-refractivity contribution in [2.75, 3.05) is 26.4 Å². The van der Waals surface area contributed by atoms with E-state index in [4.69, 9.17) is 9.47 Å². The van der Waals surface area contributed by atoms with Crippen molar-refractivity contribution >= 4 is 15.9 Å². The Balaban J connectivity index is 1.68. The molecule has 1 aliphatic rings. The van der Waals surface area contributed by atoms with Gasteiger partial charge in [0.1, 0.15) is 18.2 Å². The first-order chi connectivity index (χ1) is 8.74. The van der Waals surface area contributed by atoms with E-state index in [1.807, 2.05) is 0 Å². The second kappa shape index (κ2) is 7.07. The van der Waals surface area contributed by atoms with E-state index in [1.165, 1.54) is 12.1 Å². The Hall–Kier alpha value is -0.650. The highest BCUT2D eigenvalue weighted by Crippen LogP contribution is 2.20. The van der Waals surface area contributed by atoms with Crippen molar-refractivity contribution in [1.29, 1.82) is 0 Å². The minimum absolute atomic E-state index is 0.295. The molecular weight excluding hydrogens is 301 g/mol. The first-order valence-electron chi connectivity index (χ1n) is 6.14. The Morgan fingerprint density at radius 3 is 2.83 bits per heavy atom. The molecule has 0 unspecified atom stereocenters. The van der Waals surface area contributed by atoms with E-state index in [0.717, 1.165) is 32.6 Å². The normalized spacial score (nSPS) is 16.8. The molecule has 0 amide bonds. The minimum atomic E-state index is -0.295. The molecule has 0 radical (unpaired) electrons. The van der Waals surface area contributed by atoms with Crippen LogP contribution in [0.5, 0.6) is 5.75 Å². The predicted molar refractivity (Wildman–Crippen MR) is 71.4 cm³/mol. The molecule has 1 heterocycles. The number of halogens is 2. The van der Waals surface area contributed by atoms with Crippen molar-refractivity contribution in [1.82, 2.24) is 5.32 Å². The second-order valence-corrected chi connectivity index (χ2v) is 5.21. The number of ether oxygens (including phenoxy) is 2. The van der Waals surface area contributed by atoms with Crippen molar-refractivity contribution in [2.45, 2.75) is 18.9 Å². The lowest BCUT2D eigenvalue weighted by Crippen LogP contribution is -2.37. The van der Waals surface area contributed by atoms with Gasteiger partial charge in [0.2, 0.25) is 0 Å². The maximum atomic E-state index is 13.1. The van der Waals surface area contributed by atoms with Gasteiger partial charge in [-0.1, -0.05) is 15.9 Å². The standard InChI is InChI=1S/C13H17BrFNO2/c14-10-7-11(15)9-13(8-10)18-6-3-16-12-1-4-17-5-2-12/h7-9,12,16H,1-6H2. The molecule has 0 bridgehead atoms. The van der Waals surface area contributed by atoms with Crippen molar-refractivity contribution < 1.29 is 13.9 Å². The van der Waals surface area contributed by atoms with E-state index in [1.54, 1.807) is 6.07 Å². The number of benzene rings is 1. The molecule has 2 rings (SSSR count). The van der Waals surface area contributed by atoms with Crippen LogP contribution in [-0.2, 0) is 4.74 Å². The van der Waals surface area contributed by atoms with E-state index in [0.29, 0.717) is 22.9 Å². The maximum absolute atomic E-state index is 13.1. The van der Waals surface area contributed by atoms with Crippen LogP contribution in [0.4, 0.5) is 4.39 Å². The van der Waals surface area contributed by atoms with Gasteiger partial charge in [-0.2, -0.15) is 0 Å². The summed E-state index contributed by atoms with van der Waals surface area (Å²) in [6.45, 7) is 2.96. The predicted octanol–water partition coefficient (Wildman–Crippen LogP) is 2.74. The van der Waals surface area contributed by atoms with Gasteiger partial charge < -0.3 is 14.8 Å². The monoisotopic (exact) mass is 317 g/mol. The fourth-order valence-corrected chi connectivity index (χ4v) is 2.39. The third kappa shape index (κ3) is 4.55. The second-order valence-electron chi connectivity index (χ2n) is 4.29. The molecule has 1 aromatic carbocycles. The van der Waals surface area contributed by atoms with Crippen molar-refractivity contribution in [3.8, 4) is 5.75 Å². The number of rotatable bonds is 5. The van der Waals surface area contributed by atoms with Gasteiger partial charge in [-0.25, -0.2) is 4.39 Å². The molecule has 18 heavy (non-hydrogen) atoms. The molecule has 0 aliphatic carbocycles. The number of hydrogen-bond donors (Lipinski definition) is 1. The molecule has 3 nitrogen and oxygen atoms in total. The van der Waals surface area contributed by atoms with Crippen molar-refractivity contribution in [3.63, 3.8) is 0 Å². The topological polar surface area (TPSA) is 30.5 Å². The van der Waals surface area contributed by atoms with E-state index in [-0.39, 0.29) is 5.82 Å². The highest BCUT2D eigenvalue weighted by molar-refractivity contribution is 9.10. The summed E-state index contributed by atoms with van der Waals surface area (Å²) in [5.74, 6) is 0.257. The maximum Gasteiger partial charge on any atom is 0.128 e. The summed E-state index contributed by atoms with van der Waals surface area (Å²) in [5.41, 5.74) is 0.